The molecule has 5 heteroatoms. The van der Waals surface area contributed by atoms with Gasteiger partial charge in [0, 0.05) is 0 Å². The van der Waals surface area contributed by atoms with Gasteiger partial charge in [0.05, 0.1) is 18.4 Å². The fraction of sp³-hybridized carbons (Fsp3) is 0.190. The van der Waals surface area contributed by atoms with E-state index in [-0.39, 0.29) is 0 Å². The molecule has 0 nitrogen and oxygen atoms in total. The SMILES string of the molecule is CCCCCCCC[B-](c1ccccc1)(c1ccccc1)c1ccccc1.CCCCCCC[B-](c1ccccc1)(c1ccccc1)c1ccccc1.CCCCCC[B-](c1ccccc1)(c1ccccc1)c1ccccc1.Cc1ccc([B-](c2ccccc2)(c2ccccc2)c2ccc(C)cc2)cc1.Cc1ccc([B-](c2ccccc2)(c2ccccc2)c2ccccc2)cc1. The van der Waals surface area contributed by atoms with E-state index in [1.54, 1.807) is 0 Å². The number of unbranched alkanes of at least 4 members (excludes halogenated alkanes) is 12. The molecule has 0 amide bonds. The minimum atomic E-state index is -1.24. The molecule has 0 radical (unpaired) electrons. The molecule has 17 rings (SSSR count). The second kappa shape index (κ2) is 50.3. The van der Waals surface area contributed by atoms with Crippen molar-refractivity contribution in [2.24, 2.45) is 0 Å². The van der Waals surface area contributed by atoms with Crippen molar-refractivity contribution in [1.82, 2.24) is 0 Å². The molecule has 131 heavy (non-hydrogen) atoms. The lowest BCUT2D eigenvalue weighted by Gasteiger charge is -2.44. The molecule has 0 aromatic heterocycles. The Morgan fingerprint density at radius 2 is 0.237 bits per heavy atom. The van der Waals surface area contributed by atoms with E-state index >= 15 is 0 Å². The summed E-state index contributed by atoms with van der Waals surface area (Å²) >= 11 is 0. The van der Waals surface area contributed by atoms with Crippen molar-refractivity contribution in [2.45, 2.75) is 157 Å². The number of hydrogen-bond donors (Lipinski definition) is 0. The summed E-state index contributed by atoms with van der Waals surface area (Å²) in [5.74, 6) is 0. The molecule has 0 fully saturated rings. The summed E-state index contributed by atoms with van der Waals surface area (Å²) < 4.78 is 0. The number of hydrogen-bond acceptors (Lipinski definition) is 0. The van der Waals surface area contributed by atoms with Gasteiger partial charge in [-0.25, -0.2) is 0 Å². The Labute approximate surface area is 788 Å². The molecule has 0 saturated carbocycles. The summed E-state index contributed by atoms with van der Waals surface area (Å²) in [7, 11) is 0. The van der Waals surface area contributed by atoms with E-state index in [2.05, 4.69) is 539 Å². The van der Waals surface area contributed by atoms with Crippen LogP contribution in [0.4, 0.5) is 0 Å². The van der Waals surface area contributed by atoms with Crippen LogP contribution >= 0.6 is 0 Å². The Hall–Kier alpha value is -12.9. The van der Waals surface area contributed by atoms with Crippen LogP contribution in [0.1, 0.15) is 134 Å². The quantitative estimate of drug-likeness (QED) is 0.0274. The predicted octanol–water partition coefficient (Wildman–Crippen LogP) is 22.4. The van der Waals surface area contributed by atoms with Gasteiger partial charge in [0.25, 0.3) is 0 Å². The largest absolute Gasteiger partial charge is 0.200 e. The molecule has 0 spiro atoms. The summed E-state index contributed by atoms with van der Waals surface area (Å²) in [6, 6.07) is 182. The van der Waals surface area contributed by atoms with E-state index < -0.39 is 30.7 Å². The number of benzene rings is 17. The van der Waals surface area contributed by atoms with Crippen molar-refractivity contribution in [2.75, 3.05) is 0 Å². The van der Waals surface area contributed by atoms with E-state index in [0.717, 1.165) is 0 Å². The first kappa shape index (κ1) is 95.6. The van der Waals surface area contributed by atoms with Gasteiger partial charge in [0.2, 0.25) is 0 Å². The topological polar surface area (TPSA) is 0 Å². The van der Waals surface area contributed by atoms with Crippen LogP contribution in [0, 0.1) is 20.8 Å². The molecule has 0 heterocycles. The highest BCUT2D eigenvalue weighted by molar-refractivity contribution is 7.21. The Bertz CT molecular complexity index is 5470. The van der Waals surface area contributed by atoms with Gasteiger partial charge in [-0.3, -0.25) is 0 Å². The Morgan fingerprint density at radius 1 is 0.122 bits per heavy atom. The Balaban J connectivity index is 0.000000139. The average Bonchev–Trinajstić information content (AvgIpc) is 0.735. The lowest BCUT2D eigenvalue weighted by Crippen LogP contribution is -2.74. The second-order valence-corrected chi connectivity index (χ2v) is 37.0. The highest BCUT2D eigenvalue weighted by Crippen LogP contribution is 2.24. The molecule has 0 bridgehead atoms. The molecule has 0 aliphatic rings. The summed E-state index contributed by atoms with van der Waals surface area (Å²) in [5, 5.41) is 0. The lowest BCUT2D eigenvalue weighted by molar-refractivity contribution is 0.623. The first-order valence-electron chi connectivity index (χ1n) is 49.5. The van der Waals surface area contributed by atoms with Gasteiger partial charge < -0.3 is 0 Å². The van der Waals surface area contributed by atoms with Crippen molar-refractivity contribution < 1.29 is 0 Å². The van der Waals surface area contributed by atoms with E-state index in [1.165, 1.54) is 225 Å². The third-order valence-corrected chi connectivity index (χ3v) is 28.8. The van der Waals surface area contributed by atoms with Gasteiger partial charge in [-0.15, -0.1) is 0 Å². The maximum Gasteiger partial charge on any atom is 0.108 e. The van der Waals surface area contributed by atoms with Crippen LogP contribution in [0.5, 0.6) is 0 Å². The first-order chi connectivity index (χ1) is 64.7. The summed E-state index contributed by atoms with van der Waals surface area (Å²) in [5.41, 5.74) is 27.7. The van der Waals surface area contributed by atoms with Crippen LogP contribution in [-0.4, -0.2) is 30.7 Å². The third kappa shape index (κ3) is 23.8. The average molecular weight is 1700 g/mol. The standard InChI is InChI=1S/C26H24B.C26H32B.C25H22B.C25H30B.C24H28B/c1-21-13-17-25(18-14-21)27(23-9-5-3-6-10-23,24-11-7-4-8-12-24)26-19-15-22(2)16-20-26;1-2-3-4-5-6-16-23-27(24-17-10-7-11-18-24,25-19-12-8-13-20-25)26-21-14-9-15-22-26;1-21-17-19-25(20-18-21)26(22-11-5-2-6-12-22,23-13-7-3-8-14-23)24-15-9-4-10-16-24;1-2-3-4-5-15-22-26(23-16-9-6-10-17-23,24-18-11-7-12-19-24)25-20-13-8-14-21-25;1-2-3-4-14-21-25(22-15-8-5-9-16-22,23-17-10-6-11-18-23)24-19-12-7-13-20-24/h3-20H,1-2H3;7-15,17-22H,2-6,16,23H2,1H3;2-20H,1H3;6-14,16-21H,2-5,15,22H2,1H3;5-13,15-20H,2-4,14,21H2,1H3/q5*-1. The fourth-order valence-electron chi connectivity index (χ4n) is 22.0. The van der Waals surface area contributed by atoms with Crippen molar-refractivity contribution in [3.63, 3.8) is 0 Å². The highest BCUT2D eigenvalue weighted by Gasteiger charge is 2.35. The van der Waals surface area contributed by atoms with Crippen LogP contribution < -0.4 is 92.9 Å². The molecule has 17 aromatic rings. The summed E-state index contributed by atoms with van der Waals surface area (Å²) in [4.78, 5) is 0. The maximum absolute atomic E-state index is 2.33. The van der Waals surface area contributed by atoms with E-state index in [1.807, 2.05) is 0 Å². The summed E-state index contributed by atoms with van der Waals surface area (Å²) in [6.07, 6.45) is 18.2. The molecular formula is C126H136B5-5. The van der Waals surface area contributed by atoms with Gasteiger partial charge in [0.1, 0.15) is 12.3 Å². The van der Waals surface area contributed by atoms with Gasteiger partial charge in [0.15, 0.2) is 0 Å². The minimum Gasteiger partial charge on any atom is -0.200 e. The molecule has 0 N–H and O–H groups in total. The van der Waals surface area contributed by atoms with Crippen LogP contribution in [0.25, 0.3) is 0 Å². The van der Waals surface area contributed by atoms with E-state index in [0.29, 0.717) is 0 Å². The predicted molar refractivity (Wildman–Crippen MR) is 587 cm³/mol. The highest BCUT2D eigenvalue weighted by atomic mass is 14.2. The third-order valence-electron chi connectivity index (χ3n) is 28.8. The zero-order chi connectivity index (χ0) is 90.8. The molecule has 0 aliphatic carbocycles. The number of rotatable bonds is 35. The normalized spacial score (nSPS) is 11.4. The second-order valence-electron chi connectivity index (χ2n) is 37.0. The van der Waals surface area contributed by atoms with Crippen LogP contribution in [-0.2, 0) is 0 Å². The van der Waals surface area contributed by atoms with Gasteiger partial charge >= 0.3 is 0 Å². The van der Waals surface area contributed by atoms with Crippen molar-refractivity contribution >= 4 is 124 Å². The molecule has 0 atom stereocenters. The van der Waals surface area contributed by atoms with Crippen LogP contribution in [0.3, 0.4) is 0 Å². The lowest BCUT2D eigenvalue weighted by atomic mass is 9.13. The Kier molecular flexibility index (Phi) is 36.7. The molecular weight excluding hydrogens is 1570 g/mol. The van der Waals surface area contributed by atoms with Gasteiger partial charge in [-0.05, 0) is 20.8 Å². The fourth-order valence-corrected chi connectivity index (χ4v) is 22.0. The van der Waals surface area contributed by atoms with Crippen molar-refractivity contribution in [3.05, 3.63) is 514 Å². The van der Waals surface area contributed by atoms with Gasteiger partial charge in [-0.1, -0.05) is 631 Å². The molecule has 0 aliphatic heterocycles. The monoisotopic (exact) mass is 1700 g/mol. The zero-order valence-corrected chi connectivity index (χ0v) is 79.0. The molecule has 0 unspecified atom stereocenters. The molecule has 17 aromatic carbocycles. The smallest absolute Gasteiger partial charge is 0.108 e. The molecule has 0 saturated heterocycles. The van der Waals surface area contributed by atoms with Crippen molar-refractivity contribution in [3.8, 4) is 0 Å². The van der Waals surface area contributed by atoms with E-state index in [4.69, 9.17) is 0 Å². The first-order valence-corrected chi connectivity index (χ1v) is 49.5. The van der Waals surface area contributed by atoms with E-state index in [9.17, 15) is 0 Å². The Morgan fingerprint density at radius 3 is 0.382 bits per heavy atom. The summed E-state index contributed by atoms with van der Waals surface area (Å²) in [6.45, 7) is 13.3. The zero-order valence-electron chi connectivity index (χ0n) is 79.0. The van der Waals surface area contributed by atoms with Gasteiger partial charge in [-0.2, -0.15) is 112 Å². The molecule has 660 valence electrons. The maximum atomic E-state index is 2.33. The number of aryl methyl sites for hydroxylation is 3. The van der Waals surface area contributed by atoms with Crippen LogP contribution in [0.2, 0.25) is 19.0 Å². The van der Waals surface area contributed by atoms with Crippen molar-refractivity contribution in [1.29, 1.82) is 0 Å². The van der Waals surface area contributed by atoms with Crippen LogP contribution in [0.15, 0.2) is 497 Å². The minimum absolute atomic E-state index is 0.928.